The van der Waals surface area contributed by atoms with E-state index in [1.54, 1.807) is 19.4 Å². The zero-order valence-electron chi connectivity index (χ0n) is 15.3. The number of rotatable bonds is 2. The van der Waals surface area contributed by atoms with Crippen molar-refractivity contribution in [2.45, 2.75) is 35.8 Å². The van der Waals surface area contributed by atoms with Crippen LogP contribution in [-0.4, -0.2) is 0 Å². The summed E-state index contributed by atoms with van der Waals surface area (Å²) in [6, 6.07) is 13.9. The van der Waals surface area contributed by atoms with Gasteiger partial charge in [0.2, 0.25) is 0 Å². The summed E-state index contributed by atoms with van der Waals surface area (Å²) in [7, 11) is 0. The van der Waals surface area contributed by atoms with E-state index in [0.717, 1.165) is 7.25 Å². The van der Waals surface area contributed by atoms with Crippen molar-refractivity contribution in [3.8, 4) is 0 Å². The molecule has 1 saturated heterocycles. The molecule has 2 aromatic carbocycles. The quantitative estimate of drug-likeness (QED) is 0.612. The Bertz CT molecular complexity index is 824. The molecule has 26 heavy (non-hydrogen) atoms. The van der Waals surface area contributed by atoms with Gasteiger partial charge in [0, 0.05) is 0 Å². The second-order valence-electron chi connectivity index (χ2n) is 7.92. The number of halogens is 2. The summed E-state index contributed by atoms with van der Waals surface area (Å²) < 4.78 is 4.67. The maximum atomic E-state index is 2.59. The first-order valence-corrected chi connectivity index (χ1v) is 15.6. The number of benzene rings is 2. The molecule has 1 aliphatic heterocycles. The van der Waals surface area contributed by atoms with Gasteiger partial charge in [0.15, 0.2) is 0 Å². The van der Waals surface area contributed by atoms with Gasteiger partial charge >= 0.3 is 150 Å². The van der Waals surface area contributed by atoms with Crippen molar-refractivity contribution < 1.29 is 45.1 Å². The Hall–Kier alpha value is -0.617. The van der Waals surface area contributed by atoms with E-state index in [9.17, 15) is 0 Å². The minimum Gasteiger partial charge on any atom is -1.00 e. The topological polar surface area (TPSA) is 0 Å². The summed E-state index contributed by atoms with van der Waals surface area (Å²) in [6.45, 7) is 4.53. The van der Waals surface area contributed by atoms with E-state index >= 15 is 0 Å². The van der Waals surface area contributed by atoms with E-state index in [1.165, 1.54) is 28.7 Å². The second kappa shape index (κ2) is 7.42. The molecule has 0 saturated carbocycles. The molecule has 2 aliphatic carbocycles. The molecule has 2 aromatic rings. The van der Waals surface area contributed by atoms with E-state index in [4.69, 9.17) is 0 Å². The summed E-state index contributed by atoms with van der Waals surface area (Å²) in [5, 5.41) is 0. The number of aryl methyl sites for hydroxylation is 2. The maximum Gasteiger partial charge on any atom is -1.00 e. The minimum absolute atomic E-state index is 0. The Kier molecular flexibility index (Phi) is 5.75. The Balaban J connectivity index is 0.000000980. The Labute approximate surface area is 174 Å². The van der Waals surface area contributed by atoms with Gasteiger partial charge in [-0.05, 0) is 0 Å². The molecule has 0 N–H and O–H groups in total. The molecule has 5 rings (SSSR count). The van der Waals surface area contributed by atoms with Crippen molar-refractivity contribution in [2.75, 3.05) is 0 Å². The van der Waals surface area contributed by atoms with Gasteiger partial charge in [-0.1, -0.05) is 0 Å². The monoisotopic (exact) mass is 460 g/mol. The number of hydrogen-bond donors (Lipinski definition) is 0. The zero-order valence-corrected chi connectivity index (χ0v) is 19.3. The van der Waals surface area contributed by atoms with Crippen LogP contribution in [0.3, 0.4) is 0 Å². The summed E-state index contributed by atoms with van der Waals surface area (Å²) >= 11 is -2.31. The predicted octanol–water partition coefficient (Wildman–Crippen LogP) is 0.542. The molecule has 0 amide bonds. The maximum absolute atomic E-state index is 2.59. The fourth-order valence-electron chi connectivity index (χ4n) is 5.40. The third kappa shape index (κ3) is 2.74. The van der Waals surface area contributed by atoms with E-state index < -0.39 is 20.3 Å². The van der Waals surface area contributed by atoms with Gasteiger partial charge in [0.25, 0.3) is 0 Å². The van der Waals surface area contributed by atoms with Gasteiger partial charge in [0.05, 0.1) is 0 Å². The third-order valence-electron chi connectivity index (χ3n) is 6.82. The zero-order chi connectivity index (χ0) is 16.3. The number of allylic oxidation sites excluding steroid dienone is 2. The van der Waals surface area contributed by atoms with Crippen LogP contribution in [0.15, 0.2) is 48.6 Å². The van der Waals surface area contributed by atoms with Crippen LogP contribution in [0.4, 0.5) is 0 Å². The van der Waals surface area contributed by atoms with Crippen LogP contribution >= 0.6 is 0 Å². The second-order valence-corrected chi connectivity index (χ2v) is 19.5. The van der Waals surface area contributed by atoms with Gasteiger partial charge in [-0.2, -0.15) is 0 Å². The third-order valence-corrected chi connectivity index (χ3v) is 21.7. The van der Waals surface area contributed by atoms with E-state index in [0.29, 0.717) is 0 Å². The largest absolute Gasteiger partial charge is 1.00 e. The van der Waals surface area contributed by atoms with Crippen LogP contribution in [0.5, 0.6) is 0 Å². The smallest absolute Gasteiger partial charge is 1.00 e. The molecule has 0 bridgehead atoms. The van der Waals surface area contributed by atoms with Crippen LogP contribution in [-0.2, 0) is 20.3 Å². The van der Waals surface area contributed by atoms with E-state index in [1.807, 2.05) is 0 Å². The minimum atomic E-state index is -2.31. The molecule has 1 fully saturated rings. The van der Waals surface area contributed by atoms with Crippen LogP contribution in [0, 0.1) is 13.8 Å². The predicted molar refractivity (Wildman–Crippen MR) is 100 cm³/mol. The summed E-state index contributed by atoms with van der Waals surface area (Å²) in [5.74, 6) is 0. The first kappa shape index (κ1) is 20.1. The van der Waals surface area contributed by atoms with Gasteiger partial charge in [0.1, 0.15) is 0 Å². The van der Waals surface area contributed by atoms with Crippen LogP contribution < -0.4 is 24.8 Å². The van der Waals surface area contributed by atoms with Crippen LogP contribution in [0.1, 0.15) is 47.1 Å². The normalized spacial score (nSPS) is 22.2. The van der Waals surface area contributed by atoms with Crippen molar-refractivity contribution in [1.29, 1.82) is 0 Å². The molecule has 3 aliphatic rings. The van der Waals surface area contributed by atoms with Crippen LogP contribution in [0.2, 0.25) is 8.26 Å². The number of fused-ring (bicyclic) bond motifs is 2. The summed E-state index contributed by atoms with van der Waals surface area (Å²) in [5.41, 5.74) is 9.25. The van der Waals surface area contributed by atoms with Crippen molar-refractivity contribution in [3.63, 3.8) is 0 Å². The molecule has 2 unspecified atom stereocenters. The van der Waals surface area contributed by atoms with Crippen molar-refractivity contribution in [2.24, 2.45) is 0 Å². The molecule has 3 heteroatoms. The average molecular weight is 463 g/mol. The molecular formula is C23H24Cl2Zr. The van der Waals surface area contributed by atoms with Gasteiger partial charge in [-0.25, -0.2) is 0 Å². The van der Waals surface area contributed by atoms with Crippen LogP contribution in [0.25, 0.3) is 12.2 Å². The van der Waals surface area contributed by atoms with Gasteiger partial charge < -0.3 is 24.8 Å². The average Bonchev–Trinajstić information content (AvgIpc) is 3.14. The molecular weight excluding hydrogens is 438 g/mol. The standard InChI is InChI=1S/2C10H9.C3H6.2ClH.Zr/c2*1-8-4-2-5-9-6-3-7-10(8)9;1-3-2;;;/h2*2-7H,1H3;1-3H2;2*1H;/q;;;;;+2/p-2. The molecule has 0 nitrogen and oxygen atoms in total. The van der Waals surface area contributed by atoms with Gasteiger partial charge in [-0.15, -0.1) is 0 Å². The molecule has 0 radical (unpaired) electrons. The Morgan fingerprint density at radius 2 is 1.19 bits per heavy atom. The van der Waals surface area contributed by atoms with Crippen molar-refractivity contribution >= 4 is 12.2 Å². The first-order chi connectivity index (χ1) is 11.7. The fourth-order valence-corrected chi connectivity index (χ4v) is 18.9. The Morgan fingerprint density at radius 1 is 0.731 bits per heavy atom. The molecule has 1 heterocycles. The SMILES string of the molecule is Cc1cccc2c1C=C[CH]2[Zr+2]1([CH]2C=Cc3c(C)cccc32)[CH2]C[CH2]1.[Cl-].[Cl-]. The summed E-state index contributed by atoms with van der Waals surface area (Å²) in [4.78, 5) is 0. The Morgan fingerprint density at radius 3 is 1.58 bits per heavy atom. The molecule has 2 atom stereocenters. The van der Waals surface area contributed by atoms with E-state index in [2.05, 4.69) is 74.5 Å². The fraction of sp³-hybridized carbons (Fsp3) is 0.304. The van der Waals surface area contributed by atoms with Crippen molar-refractivity contribution in [1.82, 2.24) is 0 Å². The van der Waals surface area contributed by atoms with E-state index in [-0.39, 0.29) is 24.8 Å². The summed E-state index contributed by atoms with van der Waals surface area (Å²) in [6.07, 6.45) is 11.5. The number of hydrogen-bond acceptors (Lipinski definition) is 0. The van der Waals surface area contributed by atoms with Gasteiger partial charge in [-0.3, -0.25) is 0 Å². The molecule has 134 valence electrons. The first-order valence-electron chi connectivity index (χ1n) is 9.26. The van der Waals surface area contributed by atoms with Crippen molar-refractivity contribution in [3.05, 3.63) is 81.9 Å². The molecule has 0 spiro atoms. The molecule has 0 aromatic heterocycles.